The van der Waals surface area contributed by atoms with E-state index in [1.54, 1.807) is 0 Å². The molecule has 198 valence electrons. The minimum Gasteiger partial charge on any atom is -0.0984 e. The van der Waals surface area contributed by atoms with Crippen molar-refractivity contribution >= 4 is 80.4 Å². The van der Waals surface area contributed by atoms with E-state index < -0.39 is 7.92 Å². The van der Waals surface area contributed by atoms with E-state index in [4.69, 9.17) is 0 Å². The summed E-state index contributed by atoms with van der Waals surface area (Å²) in [4.78, 5) is 0. The highest BCUT2D eigenvalue weighted by atomic mass is 31.1. The zero-order valence-corrected chi connectivity index (χ0v) is 24.8. The van der Waals surface area contributed by atoms with Crippen LogP contribution in [0.15, 0.2) is 91.5 Å². The number of rotatable bonds is 6. The van der Waals surface area contributed by atoms with Crippen molar-refractivity contribution in [1.29, 1.82) is 0 Å². The van der Waals surface area contributed by atoms with E-state index in [2.05, 4.69) is 111 Å². The van der Waals surface area contributed by atoms with Crippen molar-refractivity contribution in [2.24, 2.45) is 0 Å². The third kappa shape index (κ3) is 4.18. The lowest BCUT2D eigenvalue weighted by atomic mass is 9.95. The molecular weight excluding hydrogens is 499 g/mol. The summed E-state index contributed by atoms with van der Waals surface area (Å²) < 4.78 is 0. The lowest BCUT2D eigenvalue weighted by Crippen LogP contribution is -2.18. The summed E-state index contributed by atoms with van der Waals surface area (Å²) in [5, 5.41) is 14.9. The van der Waals surface area contributed by atoms with Crippen molar-refractivity contribution in [3.63, 3.8) is 0 Å². The largest absolute Gasteiger partial charge is 0.0984 e. The van der Waals surface area contributed by atoms with E-state index >= 15 is 0 Å². The monoisotopic (exact) mass is 536 g/mol. The molecule has 1 atom stereocenters. The van der Waals surface area contributed by atoms with Gasteiger partial charge in [-0.25, -0.2) is 0 Å². The molecule has 0 aromatic heterocycles. The molecule has 0 bridgehead atoms. The molecule has 0 fully saturated rings. The van der Waals surface area contributed by atoms with Gasteiger partial charge in [0.1, 0.15) is 0 Å². The van der Waals surface area contributed by atoms with E-state index in [9.17, 15) is 0 Å². The van der Waals surface area contributed by atoms with E-state index in [1.807, 2.05) is 19.9 Å². The first-order chi connectivity index (χ1) is 19.7. The second-order valence-corrected chi connectivity index (χ2v) is 12.7. The smallest absolute Gasteiger partial charge is 0.00205 e. The van der Waals surface area contributed by atoms with Crippen molar-refractivity contribution in [2.45, 2.75) is 40.0 Å². The Labute approximate surface area is 239 Å². The Morgan fingerprint density at radius 1 is 0.750 bits per heavy atom. The lowest BCUT2D eigenvalue weighted by molar-refractivity contribution is 0.894. The Bertz CT molecular complexity index is 1970. The second-order valence-electron chi connectivity index (χ2n) is 10.5. The third-order valence-corrected chi connectivity index (χ3v) is 11.0. The van der Waals surface area contributed by atoms with Crippen LogP contribution in [0.25, 0.3) is 61.8 Å². The molecule has 0 spiro atoms. The zero-order chi connectivity index (χ0) is 27.8. The quantitative estimate of drug-likeness (QED) is 0.147. The van der Waals surface area contributed by atoms with Gasteiger partial charge < -0.3 is 0 Å². The fourth-order valence-corrected chi connectivity index (χ4v) is 9.33. The maximum Gasteiger partial charge on any atom is -0.00205 e. The molecule has 1 heteroatoms. The van der Waals surface area contributed by atoms with Crippen LogP contribution in [0.4, 0.5) is 0 Å². The SMILES string of the molecule is C=Cc1ccc2c(P(CCCC)c3ccc4ccc5cccc6c5c4c3C=CC6)ccc3ccc(=C)c1c32.CC. The number of unbranched alkanes of at least 4 members (excludes halogenated alkanes) is 1. The summed E-state index contributed by atoms with van der Waals surface area (Å²) >= 11 is 0. The number of hydrogen-bond acceptors (Lipinski definition) is 0. The first kappa shape index (κ1) is 26.5. The average molecular weight is 537 g/mol. The maximum atomic E-state index is 4.40. The van der Waals surface area contributed by atoms with E-state index in [0.717, 1.165) is 11.6 Å². The predicted molar refractivity (Wildman–Crippen MR) is 184 cm³/mol. The highest BCUT2D eigenvalue weighted by molar-refractivity contribution is 7.73. The van der Waals surface area contributed by atoms with E-state index in [1.165, 1.54) is 89.4 Å². The third-order valence-electron chi connectivity index (χ3n) is 8.30. The Morgan fingerprint density at radius 2 is 1.45 bits per heavy atom. The summed E-state index contributed by atoms with van der Waals surface area (Å²) in [6.07, 6.45) is 11.4. The Kier molecular flexibility index (Phi) is 7.31. The molecule has 0 saturated carbocycles. The first-order valence-corrected chi connectivity index (χ1v) is 16.2. The van der Waals surface area contributed by atoms with Gasteiger partial charge >= 0.3 is 0 Å². The van der Waals surface area contributed by atoms with Gasteiger partial charge in [-0.3, -0.25) is 0 Å². The number of allylic oxidation sites excluding steroid dienone is 1. The average Bonchev–Trinajstić information content (AvgIpc) is 3.21. The van der Waals surface area contributed by atoms with Crippen LogP contribution in [0.2, 0.25) is 0 Å². The Hall–Kier alpha value is -3.73. The summed E-state index contributed by atoms with van der Waals surface area (Å²) in [5.41, 5.74) is 4.03. The summed E-state index contributed by atoms with van der Waals surface area (Å²) in [5.74, 6) is 0. The first-order valence-electron chi connectivity index (χ1n) is 14.7. The van der Waals surface area contributed by atoms with Crippen LogP contribution in [-0.2, 0) is 6.42 Å². The number of hydrogen-bond donors (Lipinski definition) is 0. The zero-order valence-electron chi connectivity index (χ0n) is 23.9. The van der Waals surface area contributed by atoms with Crippen molar-refractivity contribution in [1.82, 2.24) is 0 Å². The van der Waals surface area contributed by atoms with Gasteiger partial charge in [-0.05, 0) is 103 Å². The molecule has 0 amide bonds. The van der Waals surface area contributed by atoms with Gasteiger partial charge in [0.15, 0.2) is 0 Å². The fraction of sp³-hybridized carbons (Fsp3) is 0.179. The Balaban J connectivity index is 0.00000142. The summed E-state index contributed by atoms with van der Waals surface area (Å²) in [6, 6.07) is 29.9. The summed E-state index contributed by atoms with van der Waals surface area (Å²) in [6.45, 7) is 14.8. The molecule has 7 rings (SSSR count). The van der Waals surface area contributed by atoms with E-state index in [0.29, 0.717) is 0 Å². The molecule has 1 aliphatic carbocycles. The molecule has 40 heavy (non-hydrogen) atoms. The lowest BCUT2D eigenvalue weighted by Gasteiger charge is -2.25. The molecule has 0 radical (unpaired) electrons. The molecule has 6 aromatic rings. The van der Waals surface area contributed by atoms with Crippen LogP contribution < -0.4 is 15.8 Å². The van der Waals surface area contributed by atoms with Gasteiger partial charge in [-0.2, -0.15) is 0 Å². The van der Waals surface area contributed by atoms with Crippen LogP contribution >= 0.6 is 7.92 Å². The van der Waals surface area contributed by atoms with E-state index in [-0.39, 0.29) is 0 Å². The van der Waals surface area contributed by atoms with Gasteiger partial charge in [0.2, 0.25) is 0 Å². The topological polar surface area (TPSA) is 0 Å². The van der Waals surface area contributed by atoms with Crippen molar-refractivity contribution in [3.05, 3.63) is 113 Å². The number of benzene rings is 6. The molecule has 6 aromatic carbocycles. The fourth-order valence-electron chi connectivity index (χ4n) is 6.49. The normalized spacial score (nSPS) is 13.1. The molecule has 0 saturated heterocycles. The molecular formula is C39H37P. The molecule has 0 nitrogen and oxygen atoms in total. The molecule has 0 aliphatic heterocycles. The van der Waals surface area contributed by atoms with Gasteiger partial charge in [0.25, 0.3) is 0 Å². The minimum absolute atomic E-state index is 0.559. The maximum absolute atomic E-state index is 4.40. The molecule has 1 aliphatic rings. The van der Waals surface area contributed by atoms with Crippen molar-refractivity contribution < 1.29 is 0 Å². The molecule has 0 N–H and O–H groups in total. The minimum atomic E-state index is -0.559. The molecule has 1 unspecified atom stereocenters. The van der Waals surface area contributed by atoms with Gasteiger partial charge in [0, 0.05) is 0 Å². The highest BCUT2D eigenvalue weighted by Crippen LogP contribution is 2.44. The van der Waals surface area contributed by atoms with Crippen LogP contribution in [0.1, 0.15) is 50.3 Å². The summed E-state index contributed by atoms with van der Waals surface area (Å²) in [7, 11) is -0.559. The van der Waals surface area contributed by atoms with Crippen LogP contribution in [0.5, 0.6) is 0 Å². The van der Waals surface area contributed by atoms with Gasteiger partial charge in [-0.15, -0.1) is 0 Å². The highest BCUT2D eigenvalue weighted by Gasteiger charge is 2.23. The predicted octanol–water partition coefficient (Wildman–Crippen LogP) is 9.90. The standard InChI is InChI=1S/C37H31P.C2H6/c1-4-6-23-38(33-22-18-28-14-13-24(3)34-25(5-2)17-20-31(33)36(28)34)32-21-19-29-16-15-27-10-7-9-26-11-8-12-30(32)37(29)35(26)27;1-2/h5,7-10,12-22H,2-4,6,11,23H2,1H3;1-2H3. The van der Waals surface area contributed by atoms with Crippen molar-refractivity contribution in [3.8, 4) is 0 Å². The van der Waals surface area contributed by atoms with Crippen LogP contribution in [-0.4, -0.2) is 6.16 Å². The van der Waals surface area contributed by atoms with Gasteiger partial charge in [-0.1, -0.05) is 137 Å². The van der Waals surface area contributed by atoms with Crippen LogP contribution in [0, 0.1) is 0 Å². The Morgan fingerprint density at radius 3 is 2.23 bits per heavy atom. The van der Waals surface area contributed by atoms with Crippen LogP contribution in [0.3, 0.4) is 0 Å². The second kappa shape index (κ2) is 11.0. The van der Waals surface area contributed by atoms with Crippen molar-refractivity contribution in [2.75, 3.05) is 6.16 Å². The molecule has 0 heterocycles. The van der Waals surface area contributed by atoms with Gasteiger partial charge in [0.05, 0.1) is 0 Å².